The van der Waals surface area contributed by atoms with E-state index in [4.69, 9.17) is 14.7 Å². The Morgan fingerprint density at radius 1 is 1.44 bits per heavy atom. The number of ether oxygens (including phenoxy) is 1. The Labute approximate surface area is 105 Å². The molecule has 1 fully saturated rings. The summed E-state index contributed by atoms with van der Waals surface area (Å²) in [5.74, 6) is -1.10. The zero-order valence-electron chi connectivity index (χ0n) is 10.1. The maximum absolute atomic E-state index is 11.1. The molecule has 0 unspecified atom stereocenters. The third-order valence-electron chi connectivity index (χ3n) is 2.71. The molecule has 1 aromatic carbocycles. The molecule has 0 aromatic heterocycles. The molecule has 0 saturated carbocycles. The number of hydrogen-bond acceptors (Lipinski definition) is 4. The van der Waals surface area contributed by atoms with E-state index in [1.165, 1.54) is 0 Å². The second kappa shape index (κ2) is 5.64. The van der Waals surface area contributed by atoms with Gasteiger partial charge in [0.05, 0.1) is 13.2 Å². The van der Waals surface area contributed by atoms with E-state index in [0.29, 0.717) is 18.8 Å². The quantitative estimate of drug-likeness (QED) is 0.650. The Hall–Kier alpha value is -1.88. The summed E-state index contributed by atoms with van der Waals surface area (Å²) in [4.78, 5) is 16.3. The van der Waals surface area contributed by atoms with Crippen LogP contribution in [0.3, 0.4) is 0 Å². The first-order valence-corrected chi connectivity index (χ1v) is 5.78. The molecule has 0 spiro atoms. The summed E-state index contributed by atoms with van der Waals surface area (Å²) in [7, 11) is 0. The molecule has 0 radical (unpaired) electrons. The Bertz CT molecular complexity index is 447. The first kappa shape index (κ1) is 12.6. The van der Waals surface area contributed by atoms with Crippen LogP contribution in [-0.2, 0) is 14.4 Å². The Kier molecular flexibility index (Phi) is 3.94. The number of carboxylic acids is 1. The van der Waals surface area contributed by atoms with Gasteiger partial charge in [0.1, 0.15) is 0 Å². The van der Waals surface area contributed by atoms with Crippen molar-refractivity contribution in [2.45, 2.75) is 19.4 Å². The smallest absolute Gasteiger partial charge is 0.358 e. The van der Waals surface area contributed by atoms with Gasteiger partial charge in [0.2, 0.25) is 0 Å². The molecule has 5 nitrogen and oxygen atoms in total. The second-order valence-corrected chi connectivity index (χ2v) is 4.20. The minimum Gasteiger partial charge on any atom is -0.476 e. The molecule has 0 amide bonds. The molecule has 0 bridgehead atoms. The number of carbonyl (C=O) groups is 1. The molecule has 5 heteroatoms. The molecule has 96 valence electrons. The highest BCUT2D eigenvalue weighted by Gasteiger charge is 2.19. The van der Waals surface area contributed by atoms with E-state index in [0.717, 1.165) is 12.0 Å². The summed E-state index contributed by atoms with van der Waals surface area (Å²) >= 11 is 0. The zero-order valence-corrected chi connectivity index (χ0v) is 10.1. The lowest BCUT2D eigenvalue weighted by molar-refractivity contribution is -0.129. The van der Waals surface area contributed by atoms with E-state index >= 15 is 0 Å². The molecule has 1 atom stereocenters. The topological polar surface area (TPSA) is 68.1 Å². The van der Waals surface area contributed by atoms with Gasteiger partial charge in [-0.05, 0) is 6.92 Å². The number of rotatable bonds is 4. The monoisotopic (exact) mass is 249 g/mol. The third-order valence-corrected chi connectivity index (χ3v) is 2.71. The molecule has 1 aliphatic rings. The van der Waals surface area contributed by atoms with Gasteiger partial charge >= 0.3 is 5.97 Å². The lowest BCUT2D eigenvalue weighted by Gasteiger charge is -2.07. The van der Waals surface area contributed by atoms with Gasteiger partial charge in [0.25, 0.3) is 0 Å². The van der Waals surface area contributed by atoms with Crippen LogP contribution in [0.5, 0.6) is 0 Å². The summed E-state index contributed by atoms with van der Waals surface area (Å²) in [6.45, 7) is 3.03. The number of carboxylic acid groups (broad SMARTS) is 1. The van der Waals surface area contributed by atoms with Crippen molar-refractivity contribution < 1.29 is 19.5 Å². The van der Waals surface area contributed by atoms with Crippen LogP contribution in [0.15, 0.2) is 29.4 Å². The van der Waals surface area contributed by atoms with Crippen LogP contribution in [-0.4, -0.2) is 36.1 Å². The van der Waals surface area contributed by atoms with Gasteiger partial charge in [-0.25, -0.2) is 4.79 Å². The normalized spacial score (nSPS) is 19.8. The maximum atomic E-state index is 11.1. The minimum atomic E-state index is -1.10. The van der Waals surface area contributed by atoms with Crippen LogP contribution in [0.4, 0.5) is 0 Å². The highest BCUT2D eigenvalue weighted by molar-refractivity contribution is 6.42. The van der Waals surface area contributed by atoms with Crippen LogP contribution in [0, 0.1) is 6.92 Å². The number of aryl methyl sites for hydroxylation is 1. The van der Waals surface area contributed by atoms with Crippen LogP contribution < -0.4 is 0 Å². The molecule has 2 rings (SSSR count). The highest BCUT2D eigenvalue weighted by Crippen LogP contribution is 2.10. The van der Waals surface area contributed by atoms with Crippen molar-refractivity contribution in [2.75, 3.05) is 13.2 Å². The van der Waals surface area contributed by atoms with E-state index < -0.39 is 5.97 Å². The molecular weight excluding hydrogens is 234 g/mol. The van der Waals surface area contributed by atoms with E-state index in [-0.39, 0.29) is 11.8 Å². The fraction of sp³-hybridized carbons (Fsp3) is 0.385. The van der Waals surface area contributed by atoms with Crippen LogP contribution >= 0.6 is 0 Å². The minimum absolute atomic E-state index is 0.0816. The van der Waals surface area contributed by atoms with Gasteiger partial charge in [-0.2, -0.15) is 0 Å². The van der Waals surface area contributed by atoms with E-state index in [1.54, 1.807) is 12.1 Å². The Morgan fingerprint density at radius 2 is 2.17 bits per heavy atom. The molecule has 1 saturated heterocycles. The van der Waals surface area contributed by atoms with Crippen LogP contribution in [0.1, 0.15) is 17.5 Å². The average Bonchev–Trinajstić information content (AvgIpc) is 2.84. The Morgan fingerprint density at radius 3 is 2.72 bits per heavy atom. The molecule has 18 heavy (non-hydrogen) atoms. The molecule has 1 N–H and O–H groups in total. The van der Waals surface area contributed by atoms with E-state index in [1.807, 2.05) is 19.1 Å². The van der Waals surface area contributed by atoms with Crippen LogP contribution in [0.25, 0.3) is 0 Å². The van der Waals surface area contributed by atoms with Gasteiger partial charge in [-0.3, -0.25) is 0 Å². The summed E-state index contributed by atoms with van der Waals surface area (Å²) in [5.41, 5.74) is 1.52. The van der Waals surface area contributed by atoms with Gasteiger partial charge in [-0.1, -0.05) is 35.0 Å². The number of benzene rings is 1. The number of aliphatic carboxylic acids is 1. The summed E-state index contributed by atoms with van der Waals surface area (Å²) in [6, 6.07) is 7.12. The largest absolute Gasteiger partial charge is 0.476 e. The van der Waals surface area contributed by atoms with Crippen molar-refractivity contribution in [1.82, 2.24) is 0 Å². The van der Waals surface area contributed by atoms with Crippen LogP contribution in [0.2, 0.25) is 0 Å². The molecule has 0 aliphatic carbocycles. The van der Waals surface area contributed by atoms with Gasteiger partial charge in [0, 0.05) is 12.0 Å². The van der Waals surface area contributed by atoms with Crippen molar-refractivity contribution in [3.63, 3.8) is 0 Å². The van der Waals surface area contributed by atoms with Crippen molar-refractivity contribution in [1.29, 1.82) is 0 Å². The average molecular weight is 249 g/mol. The van der Waals surface area contributed by atoms with Gasteiger partial charge in [0.15, 0.2) is 11.8 Å². The fourth-order valence-corrected chi connectivity index (χ4v) is 1.65. The van der Waals surface area contributed by atoms with E-state index in [9.17, 15) is 4.79 Å². The van der Waals surface area contributed by atoms with E-state index in [2.05, 4.69) is 5.16 Å². The highest BCUT2D eigenvalue weighted by atomic mass is 16.7. The first-order chi connectivity index (χ1) is 8.66. The van der Waals surface area contributed by atoms with Gasteiger partial charge < -0.3 is 14.7 Å². The number of hydrogen-bond donors (Lipinski definition) is 1. The number of nitrogens with zero attached hydrogens (tertiary/aromatic N) is 1. The molecule has 1 heterocycles. The SMILES string of the molecule is Cc1ccc(/C(=N\O[C@@H]2CCOC2)C(=O)O)cc1. The predicted octanol–water partition coefficient (Wildman–Crippen LogP) is 1.59. The molecular formula is C13H15NO4. The zero-order chi connectivity index (χ0) is 13.0. The van der Waals surface area contributed by atoms with Gasteiger partial charge in [-0.15, -0.1) is 0 Å². The lowest BCUT2D eigenvalue weighted by Crippen LogP contribution is -2.17. The first-order valence-electron chi connectivity index (χ1n) is 5.78. The molecule has 1 aromatic rings. The van der Waals surface area contributed by atoms with Crippen molar-refractivity contribution in [2.24, 2.45) is 5.16 Å². The molecule has 1 aliphatic heterocycles. The lowest BCUT2D eigenvalue weighted by atomic mass is 10.1. The third kappa shape index (κ3) is 3.07. The standard InChI is InChI=1S/C13H15NO4/c1-9-2-4-10(5-3-9)12(13(15)16)14-18-11-6-7-17-8-11/h2-5,11H,6-8H2,1H3,(H,15,16)/b14-12+/t11-/m1/s1. The van der Waals surface area contributed by atoms with Crippen molar-refractivity contribution in [3.8, 4) is 0 Å². The summed E-state index contributed by atoms with van der Waals surface area (Å²) < 4.78 is 5.13. The Balaban J connectivity index is 2.14. The summed E-state index contributed by atoms with van der Waals surface area (Å²) in [5, 5.41) is 12.9. The maximum Gasteiger partial charge on any atom is 0.358 e. The van der Waals surface area contributed by atoms with Crippen molar-refractivity contribution in [3.05, 3.63) is 35.4 Å². The van der Waals surface area contributed by atoms with Crippen molar-refractivity contribution >= 4 is 11.7 Å². The number of oxime groups is 1. The predicted molar refractivity (Wildman–Crippen MR) is 65.7 cm³/mol. The fourth-order valence-electron chi connectivity index (χ4n) is 1.65. The summed E-state index contributed by atoms with van der Waals surface area (Å²) in [6.07, 6.45) is 0.592. The second-order valence-electron chi connectivity index (χ2n) is 4.20.